The van der Waals surface area contributed by atoms with E-state index < -0.39 is 0 Å². The third-order valence-electron chi connectivity index (χ3n) is 4.40. The Bertz CT molecular complexity index is 543. The average molecular weight is 290 g/mol. The Morgan fingerprint density at radius 2 is 2.30 bits per heavy atom. The van der Waals surface area contributed by atoms with Crippen molar-refractivity contribution in [1.29, 1.82) is 0 Å². The van der Waals surface area contributed by atoms with E-state index in [-0.39, 0.29) is 0 Å². The minimum Gasteiger partial charge on any atom is -0.314 e. The van der Waals surface area contributed by atoms with Gasteiger partial charge in [0.15, 0.2) is 4.96 Å². The smallest absolute Gasteiger partial charge is 0.193 e. The molecule has 1 aliphatic carbocycles. The van der Waals surface area contributed by atoms with Crippen molar-refractivity contribution in [2.45, 2.75) is 38.3 Å². The van der Waals surface area contributed by atoms with Crippen molar-refractivity contribution in [3.63, 3.8) is 0 Å². The highest BCUT2D eigenvalue weighted by atomic mass is 32.1. The van der Waals surface area contributed by atoms with Crippen LogP contribution in [0.3, 0.4) is 0 Å². The lowest BCUT2D eigenvalue weighted by atomic mass is 9.98. The number of nitrogens with one attached hydrogen (secondary N) is 1. The third kappa shape index (κ3) is 2.90. The average Bonchev–Trinajstić information content (AvgIpc) is 3.06. The highest BCUT2D eigenvalue weighted by Gasteiger charge is 2.25. The number of aromatic nitrogens is 2. The van der Waals surface area contributed by atoms with Crippen LogP contribution >= 0.6 is 11.3 Å². The summed E-state index contributed by atoms with van der Waals surface area (Å²) in [5.74, 6) is 0.827. The van der Waals surface area contributed by atoms with Crippen LogP contribution in [0.4, 0.5) is 0 Å². The predicted molar refractivity (Wildman–Crippen MR) is 82.1 cm³/mol. The van der Waals surface area contributed by atoms with Gasteiger partial charge in [0.05, 0.1) is 5.69 Å². The lowest BCUT2D eigenvalue weighted by Gasteiger charge is -2.32. The van der Waals surface area contributed by atoms with E-state index >= 15 is 0 Å². The van der Waals surface area contributed by atoms with Gasteiger partial charge in [-0.2, -0.15) is 0 Å². The van der Waals surface area contributed by atoms with E-state index in [1.54, 1.807) is 11.3 Å². The van der Waals surface area contributed by atoms with Crippen LogP contribution in [-0.2, 0) is 6.54 Å². The highest BCUT2D eigenvalue weighted by molar-refractivity contribution is 7.15. The van der Waals surface area contributed by atoms with Crippen LogP contribution in [-0.4, -0.2) is 40.0 Å². The molecule has 0 spiro atoms. The first-order chi connectivity index (χ1) is 9.87. The standard InChI is InChI=1S/C15H22N4S/c1-2-12(8-16-13-3-4-13)9-18(5-1)10-14-11-19-6-7-20-15(19)17-14/h6-7,11-13,16H,1-5,8-10H2. The minimum absolute atomic E-state index is 0.827. The summed E-state index contributed by atoms with van der Waals surface area (Å²) in [5, 5.41) is 5.77. The van der Waals surface area contributed by atoms with Gasteiger partial charge < -0.3 is 5.32 Å². The summed E-state index contributed by atoms with van der Waals surface area (Å²) in [6.45, 7) is 4.67. The molecule has 108 valence electrons. The van der Waals surface area contributed by atoms with Gasteiger partial charge in [0.1, 0.15) is 0 Å². The Kier molecular flexibility index (Phi) is 3.50. The molecule has 1 saturated heterocycles. The van der Waals surface area contributed by atoms with Crippen LogP contribution in [0.2, 0.25) is 0 Å². The van der Waals surface area contributed by atoms with Gasteiger partial charge in [-0.15, -0.1) is 11.3 Å². The molecule has 0 aromatic carbocycles. The Hall–Kier alpha value is -0.910. The van der Waals surface area contributed by atoms with Crippen molar-refractivity contribution in [3.05, 3.63) is 23.5 Å². The number of thiazole rings is 1. The molecule has 2 aromatic heterocycles. The molecule has 2 aromatic rings. The summed E-state index contributed by atoms with van der Waals surface area (Å²) < 4.78 is 2.13. The fourth-order valence-corrected chi connectivity index (χ4v) is 3.88. The minimum atomic E-state index is 0.827. The molecule has 20 heavy (non-hydrogen) atoms. The second-order valence-electron chi connectivity index (χ2n) is 6.25. The second kappa shape index (κ2) is 5.47. The first-order valence-electron chi connectivity index (χ1n) is 7.73. The van der Waals surface area contributed by atoms with Gasteiger partial charge in [0, 0.05) is 36.9 Å². The van der Waals surface area contributed by atoms with E-state index in [0.717, 1.165) is 23.5 Å². The summed E-state index contributed by atoms with van der Waals surface area (Å²) in [4.78, 5) is 8.39. The van der Waals surface area contributed by atoms with Gasteiger partial charge in [-0.05, 0) is 44.7 Å². The quantitative estimate of drug-likeness (QED) is 0.917. The number of nitrogens with zero attached hydrogens (tertiary/aromatic N) is 3. The van der Waals surface area contributed by atoms with E-state index in [1.165, 1.54) is 51.0 Å². The number of likely N-dealkylation sites (tertiary alicyclic amines) is 1. The molecular weight excluding hydrogens is 268 g/mol. The molecule has 2 aliphatic rings. The van der Waals surface area contributed by atoms with Gasteiger partial charge in [0.2, 0.25) is 0 Å². The maximum absolute atomic E-state index is 4.70. The molecule has 0 radical (unpaired) electrons. The zero-order chi connectivity index (χ0) is 13.4. The van der Waals surface area contributed by atoms with Crippen molar-refractivity contribution in [2.75, 3.05) is 19.6 Å². The first kappa shape index (κ1) is 12.8. The molecule has 0 amide bonds. The Morgan fingerprint density at radius 1 is 1.35 bits per heavy atom. The fourth-order valence-electron chi connectivity index (χ4n) is 3.16. The molecule has 2 fully saturated rings. The Labute approximate surface area is 123 Å². The first-order valence-corrected chi connectivity index (χ1v) is 8.61. The number of hydrogen-bond acceptors (Lipinski definition) is 4. The number of hydrogen-bond donors (Lipinski definition) is 1. The summed E-state index contributed by atoms with van der Waals surface area (Å²) in [5.41, 5.74) is 1.22. The Balaban J connectivity index is 1.34. The van der Waals surface area contributed by atoms with E-state index in [0.29, 0.717) is 0 Å². The highest BCUT2D eigenvalue weighted by Crippen LogP contribution is 2.22. The largest absolute Gasteiger partial charge is 0.314 e. The van der Waals surface area contributed by atoms with Crippen LogP contribution in [0, 0.1) is 5.92 Å². The van der Waals surface area contributed by atoms with E-state index in [1.807, 2.05) is 0 Å². The SMILES string of the molecule is c1cn2cc(CN3CCCC(CNC4CC4)C3)nc2s1. The molecule has 5 heteroatoms. The maximum Gasteiger partial charge on any atom is 0.193 e. The summed E-state index contributed by atoms with van der Waals surface area (Å²) in [6, 6.07) is 0.838. The number of fused-ring (bicyclic) bond motifs is 1. The number of piperidine rings is 1. The fraction of sp³-hybridized carbons (Fsp3) is 0.667. The second-order valence-corrected chi connectivity index (χ2v) is 7.12. The third-order valence-corrected chi connectivity index (χ3v) is 5.18. The van der Waals surface area contributed by atoms with Crippen molar-refractivity contribution >= 4 is 16.3 Å². The number of rotatable bonds is 5. The van der Waals surface area contributed by atoms with E-state index in [9.17, 15) is 0 Å². The van der Waals surface area contributed by atoms with Crippen LogP contribution in [0.1, 0.15) is 31.4 Å². The summed E-state index contributed by atoms with van der Waals surface area (Å²) in [7, 11) is 0. The predicted octanol–water partition coefficient (Wildman–Crippen LogP) is 2.36. The molecule has 1 atom stereocenters. The topological polar surface area (TPSA) is 32.6 Å². The van der Waals surface area contributed by atoms with Crippen LogP contribution in [0.15, 0.2) is 17.8 Å². The van der Waals surface area contributed by atoms with Crippen LogP contribution in [0.5, 0.6) is 0 Å². The monoisotopic (exact) mass is 290 g/mol. The van der Waals surface area contributed by atoms with Crippen molar-refractivity contribution in [3.8, 4) is 0 Å². The van der Waals surface area contributed by atoms with Gasteiger partial charge in [-0.3, -0.25) is 9.30 Å². The summed E-state index contributed by atoms with van der Waals surface area (Å²) in [6.07, 6.45) is 9.77. The van der Waals surface area contributed by atoms with Gasteiger partial charge in [-0.1, -0.05) is 0 Å². The molecular formula is C15H22N4S. The zero-order valence-electron chi connectivity index (χ0n) is 11.8. The molecule has 1 saturated carbocycles. The zero-order valence-corrected chi connectivity index (χ0v) is 12.6. The Morgan fingerprint density at radius 3 is 3.15 bits per heavy atom. The van der Waals surface area contributed by atoms with Crippen LogP contribution in [0.25, 0.3) is 4.96 Å². The molecule has 1 unspecified atom stereocenters. The maximum atomic E-state index is 4.70. The lowest BCUT2D eigenvalue weighted by Crippen LogP contribution is -2.39. The van der Waals surface area contributed by atoms with Crippen LogP contribution < -0.4 is 5.32 Å². The molecule has 1 aliphatic heterocycles. The summed E-state index contributed by atoms with van der Waals surface area (Å²) >= 11 is 1.71. The van der Waals surface area contributed by atoms with Gasteiger partial charge in [-0.25, -0.2) is 4.98 Å². The van der Waals surface area contributed by atoms with Crippen molar-refractivity contribution < 1.29 is 0 Å². The van der Waals surface area contributed by atoms with E-state index in [4.69, 9.17) is 4.98 Å². The normalized spacial score (nSPS) is 24.5. The molecule has 0 bridgehead atoms. The van der Waals surface area contributed by atoms with Crippen molar-refractivity contribution in [1.82, 2.24) is 19.6 Å². The molecule has 4 rings (SSSR count). The molecule has 4 nitrogen and oxygen atoms in total. The van der Waals surface area contributed by atoms with E-state index in [2.05, 4.69) is 32.4 Å². The van der Waals surface area contributed by atoms with Gasteiger partial charge >= 0.3 is 0 Å². The molecule has 3 heterocycles. The lowest BCUT2D eigenvalue weighted by molar-refractivity contribution is 0.164. The number of imidazole rings is 1. The van der Waals surface area contributed by atoms with Gasteiger partial charge in [0.25, 0.3) is 0 Å². The van der Waals surface area contributed by atoms with Crippen molar-refractivity contribution in [2.24, 2.45) is 5.92 Å². The molecule has 1 N–H and O–H groups in total.